The quantitative estimate of drug-likeness (QED) is 0.00530. The molecule has 0 unspecified atom stereocenters. The molecule has 530 valence electrons. The predicted molar refractivity (Wildman–Crippen MR) is 389 cm³/mol. The summed E-state index contributed by atoms with van der Waals surface area (Å²) in [6.07, 6.45) is 8.41. The van der Waals surface area contributed by atoms with Crippen LogP contribution in [0.4, 0.5) is 79.3 Å². The normalized spacial score (nSPS) is 13.9. The number of nitrogens with zero attached hydrogens (tertiary/aromatic N) is 13. The van der Waals surface area contributed by atoms with Crippen molar-refractivity contribution in [2.75, 3.05) is 120 Å². The number of azo groups is 2. The first-order valence-electron chi connectivity index (χ1n) is 32.0. The van der Waals surface area contributed by atoms with Gasteiger partial charge >= 0.3 is 0 Å². The third-order valence-corrected chi connectivity index (χ3v) is 20.2. The highest BCUT2D eigenvalue weighted by atomic mass is 32.2. The number of thiazole rings is 2. The summed E-state index contributed by atoms with van der Waals surface area (Å²) in [4.78, 5) is 86.9. The first-order chi connectivity index (χ1) is 47.9. The molecule has 2 aliphatic heterocycles. The minimum Gasteiger partial charge on any atom is -0.494 e. The lowest BCUT2D eigenvalue weighted by Gasteiger charge is -2.27. The lowest BCUT2D eigenvalue weighted by molar-refractivity contribution is -0.120. The molecular weight excluding hydrogens is 1390 g/mol. The first kappa shape index (κ1) is 74.9. The monoisotopic (exact) mass is 1460 g/mol. The number of methoxy groups -OCH3 is 2. The number of piperidine rings is 2. The average Bonchev–Trinajstić information content (AvgIpc) is 1.30. The summed E-state index contributed by atoms with van der Waals surface area (Å²) in [7, 11) is -5.90. The van der Waals surface area contributed by atoms with E-state index in [9.17, 15) is 50.2 Å². The van der Waals surface area contributed by atoms with Crippen LogP contribution in [0.5, 0.6) is 11.5 Å². The lowest BCUT2D eigenvalue weighted by Crippen LogP contribution is -2.30. The molecule has 4 aromatic carbocycles. The maximum atomic E-state index is 13.8. The van der Waals surface area contributed by atoms with Crippen LogP contribution in [-0.2, 0) is 39.4 Å². The van der Waals surface area contributed by atoms with E-state index in [0.717, 1.165) is 85.5 Å². The average molecular weight is 1460 g/mol. The molecule has 0 aliphatic carbocycles. The number of anilines is 10. The molecule has 0 atom stereocenters. The van der Waals surface area contributed by atoms with Crippen molar-refractivity contribution < 1.29 is 59.7 Å². The molecule has 7 aromatic rings. The molecule has 2 fully saturated rings. The maximum Gasteiger partial charge on any atom is 0.294 e. The first-order valence-corrected chi connectivity index (χ1v) is 37.5. The van der Waals surface area contributed by atoms with E-state index in [1.54, 1.807) is 26.4 Å². The molecule has 2 aliphatic rings. The van der Waals surface area contributed by atoms with E-state index in [4.69, 9.17) is 44.6 Å². The smallest absolute Gasteiger partial charge is 0.294 e. The van der Waals surface area contributed by atoms with E-state index in [-0.39, 0.29) is 83.4 Å². The Morgan fingerprint density at radius 2 is 0.950 bits per heavy atom. The number of hydrogen-bond donors (Lipinski definition) is 7. The molecular formula is C65H77N17O13S5. The summed E-state index contributed by atoms with van der Waals surface area (Å²) >= 11 is 3.38. The molecule has 9 rings (SSSR count). The summed E-state index contributed by atoms with van der Waals surface area (Å²) in [6, 6.07) is 16.8. The number of aromatic nitrogens is 5. The molecule has 3 aromatic heterocycles. The molecule has 2 amide bonds. The maximum absolute atomic E-state index is 13.8. The molecule has 0 bridgehead atoms. The Hall–Kier alpha value is -9.36. The fourth-order valence-electron chi connectivity index (χ4n) is 10.8. The van der Waals surface area contributed by atoms with Crippen molar-refractivity contribution in [2.24, 2.45) is 20.5 Å². The highest BCUT2D eigenvalue weighted by Gasteiger charge is 2.27. The topological polar surface area (TPSA) is 391 Å². The van der Waals surface area contributed by atoms with E-state index in [1.807, 2.05) is 39.8 Å². The Morgan fingerprint density at radius 1 is 0.570 bits per heavy atom. The molecule has 2 saturated heterocycles. The highest BCUT2D eigenvalue weighted by Crippen LogP contribution is 2.45. The molecule has 35 heteroatoms. The Kier molecular flexibility index (Phi) is 25.6. The number of Topliss-reactive ketones (excluding diaryl/α,β-unsaturated/α-hetero) is 2. The van der Waals surface area contributed by atoms with Crippen LogP contribution in [-0.4, -0.2) is 158 Å². The predicted octanol–water partition coefficient (Wildman–Crippen LogP) is 12.6. The van der Waals surface area contributed by atoms with Crippen molar-refractivity contribution in [3.05, 3.63) is 93.7 Å². The summed E-state index contributed by atoms with van der Waals surface area (Å²) in [5, 5.41) is 41.6. The number of ketones is 2. The van der Waals surface area contributed by atoms with Gasteiger partial charge in [0, 0.05) is 81.6 Å². The van der Waals surface area contributed by atoms with Gasteiger partial charge in [-0.15, -0.1) is 20.5 Å². The molecule has 5 heterocycles. The zero-order valence-electron chi connectivity index (χ0n) is 56.2. The van der Waals surface area contributed by atoms with Crippen LogP contribution in [0.3, 0.4) is 0 Å². The van der Waals surface area contributed by atoms with Gasteiger partial charge in [0.05, 0.1) is 74.3 Å². The minimum absolute atomic E-state index is 0.0476. The molecule has 7 N–H and O–H groups in total. The van der Waals surface area contributed by atoms with E-state index >= 15 is 0 Å². The summed E-state index contributed by atoms with van der Waals surface area (Å²) in [5.74, 6) is -0.403. The van der Waals surface area contributed by atoms with Crippen molar-refractivity contribution >= 4 is 169 Å². The number of ether oxygens (including phenoxy) is 2. The number of benzene rings is 4. The fraction of sp³-hybridized carbons (Fsp3) is 0.369. The SMILES string of the molecule is CCN(CC)c1cc(Nc2nc(Nc3cc(N(CC)CC)c(OC)cc3N=Nc3nc(N4CCCCC4)c(C=C(C(C)=O)C(=O)Nc4ccc(S(=O)(=O)O)cc4)s3)nc(SCCO)n2)c(N=Nc2nc(N3CCCCC3)c(C=C(C(C)=O)C(=O)Nc3ccc(S(=O)(=O)O)cc3)s2)cc1OC. The van der Waals surface area contributed by atoms with Crippen LogP contribution in [0.2, 0.25) is 0 Å². The lowest BCUT2D eigenvalue weighted by atomic mass is 10.1. The van der Waals surface area contributed by atoms with Crippen molar-refractivity contribution in [1.29, 1.82) is 0 Å². The van der Waals surface area contributed by atoms with Crippen molar-refractivity contribution in [2.45, 2.75) is 95.0 Å². The van der Waals surface area contributed by atoms with E-state index in [1.165, 1.54) is 62.0 Å². The van der Waals surface area contributed by atoms with Crippen LogP contribution in [0.25, 0.3) is 12.2 Å². The Labute approximate surface area is 591 Å². The number of aliphatic hydroxyl groups excluding tert-OH is 1. The number of carbonyl (C=O) groups is 4. The van der Waals surface area contributed by atoms with Gasteiger partial charge in [0.1, 0.15) is 34.5 Å². The Bertz CT molecular complexity index is 4210. The van der Waals surface area contributed by atoms with Gasteiger partial charge in [-0.2, -0.15) is 41.8 Å². The van der Waals surface area contributed by atoms with Crippen molar-refractivity contribution in [1.82, 2.24) is 24.9 Å². The highest BCUT2D eigenvalue weighted by molar-refractivity contribution is 7.99. The van der Waals surface area contributed by atoms with Crippen molar-refractivity contribution in [3.63, 3.8) is 0 Å². The Morgan fingerprint density at radius 3 is 1.28 bits per heavy atom. The van der Waals surface area contributed by atoms with Gasteiger partial charge in [0.25, 0.3) is 32.1 Å². The zero-order chi connectivity index (χ0) is 71.8. The van der Waals surface area contributed by atoms with Gasteiger partial charge in [-0.1, -0.05) is 34.4 Å². The minimum atomic E-state index is -4.50. The number of thioether (sulfide) groups is 1. The second kappa shape index (κ2) is 34.1. The second-order valence-corrected chi connectivity index (χ2v) is 28.4. The van der Waals surface area contributed by atoms with Crippen LogP contribution in [0, 0.1) is 0 Å². The number of hydrogen-bond acceptors (Lipinski definition) is 29. The summed E-state index contributed by atoms with van der Waals surface area (Å²) in [6.45, 7) is 15.4. The van der Waals surface area contributed by atoms with Gasteiger partial charge < -0.3 is 55.4 Å². The fourth-order valence-corrected chi connectivity index (χ4v) is 14.1. The van der Waals surface area contributed by atoms with Crippen LogP contribution < -0.4 is 50.3 Å². The summed E-state index contributed by atoms with van der Waals surface area (Å²) in [5.41, 5.74) is 2.62. The third-order valence-electron chi connectivity index (χ3n) is 15.9. The summed E-state index contributed by atoms with van der Waals surface area (Å²) < 4.78 is 77.7. The zero-order valence-corrected chi connectivity index (χ0v) is 60.3. The molecule has 0 spiro atoms. The van der Waals surface area contributed by atoms with Gasteiger partial charge in [-0.3, -0.25) is 28.3 Å². The second-order valence-electron chi connectivity index (χ2n) is 22.5. The van der Waals surface area contributed by atoms with E-state index in [2.05, 4.69) is 51.1 Å². The molecule has 0 saturated carbocycles. The number of rotatable bonds is 31. The van der Waals surface area contributed by atoms with Crippen LogP contribution >= 0.6 is 34.4 Å². The molecule has 100 heavy (non-hydrogen) atoms. The van der Waals surface area contributed by atoms with Gasteiger partial charge in [0.2, 0.25) is 22.2 Å². The van der Waals surface area contributed by atoms with Gasteiger partial charge in [-0.05, 0) is 153 Å². The van der Waals surface area contributed by atoms with Crippen LogP contribution in [0.1, 0.15) is 89.8 Å². The molecule has 30 nitrogen and oxygen atoms in total. The number of aliphatic hydroxyl groups is 1. The van der Waals surface area contributed by atoms with Crippen LogP contribution in [0.15, 0.2) is 119 Å². The van der Waals surface area contributed by atoms with Gasteiger partial charge in [0.15, 0.2) is 16.7 Å². The van der Waals surface area contributed by atoms with Crippen molar-refractivity contribution in [3.8, 4) is 11.5 Å². The number of amides is 2. The standard InChI is InChI=1S/C65H77N17O13S5/c1-9-79(10-2)51-35-47(49(37-53(51)94-7)75-77-64-70-57(81-27-15-13-16-28-81)55(97-64)33-45(39(5)84)59(86)66-41-19-23-43(24-20-41)99(88,89)90)68-61-72-62(74-63(73-61)96-32-31-83)69-48-36-52(80(11-3)12-4)54(95-8)38-50(48)76-78-65-71-58(82-29-17-14-18-30-82)56(98-65)34-46(40(6)85)60(87)67-42-21-25-44(26-22-42)100(91,92)93/h19-26,33-38,83H,9-18,27-32H2,1-8H3,(H,66,86)(H,67,87)(H,88,89,90)(H,91,92,93)(H2,68,69,72,73,74). The Balaban J connectivity index is 1.10. The van der Waals surface area contributed by atoms with E-state index < -0.39 is 43.6 Å². The largest absolute Gasteiger partial charge is 0.494 e. The number of nitrogens with one attached hydrogen (secondary N) is 4. The third kappa shape index (κ3) is 19.1. The van der Waals surface area contributed by atoms with Gasteiger partial charge in [-0.25, -0.2) is 0 Å². The van der Waals surface area contributed by atoms with E-state index in [0.29, 0.717) is 108 Å². The number of carbonyl (C=O) groups excluding carboxylic acids is 4. The molecule has 0 radical (unpaired) electrons.